The number of nitrogens with zero attached hydrogens (tertiary/aromatic N) is 2. The van der Waals surface area contributed by atoms with E-state index in [1.165, 1.54) is 18.3 Å². The minimum atomic E-state index is -2.66. The summed E-state index contributed by atoms with van der Waals surface area (Å²) in [5.74, 6) is 5.04. The molecule has 0 spiro atoms. The summed E-state index contributed by atoms with van der Waals surface area (Å²) < 4.78 is 35.9. The fourth-order valence-electron chi connectivity index (χ4n) is 3.59. The molecule has 184 valence electrons. The summed E-state index contributed by atoms with van der Waals surface area (Å²) in [6, 6.07) is 12.8. The number of hydrogen-bond donors (Lipinski definition) is 1. The molecule has 1 saturated heterocycles. The molecule has 2 heterocycles. The number of halogens is 1. The topological polar surface area (TPSA) is 112 Å². The van der Waals surface area contributed by atoms with Gasteiger partial charge in [-0.25, -0.2) is 13.6 Å². The van der Waals surface area contributed by atoms with E-state index in [2.05, 4.69) is 21.2 Å². The fraction of sp³-hybridized carbons (Fsp3) is 0.222. The lowest BCUT2D eigenvalue weighted by Gasteiger charge is -2.15. The Morgan fingerprint density at radius 3 is 2.67 bits per heavy atom. The van der Waals surface area contributed by atoms with E-state index in [0.29, 0.717) is 35.5 Å². The molecule has 9 heteroatoms. The number of aromatic nitrogens is 1. The lowest BCUT2D eigenvalue weighted by atomic mass is 10.00. The van der Waals surface area contributed by atoms with Crippen LogP contribution in [0.4, 0.5) is 10.2 Å². The molecule has 2 aromatic carbocycles. The van der Waals surface area contributed by atoms with Gasteiger partial charge in [0.25, 0.3) is 5.91 Å². The van der Waals surface area contributed by atoms with Crippen molar-refractivity contribution < 1.29 is 22.9 Å². The molecule has 0 aliphatic carbocycles. The molecular formula is C27H24FN3O4S. The lowest BCUT2D eigenvalue weighted by Crippen LogP contribution is -2.26. The van der Waals surface area contributed by atoms with Crippen molar-refractivity contribution >= 4 is 27.2 Å². The highest BCUT2D eigenvalue weighted by Crippen LogP contribution is 2.16. The Bertz CT molecular complexity index is 1520. The number of carbonyl (C=O) groups is 2. The second-order valence-electron chi connectivity index (χ2n) is 8.37. The van der Waals surface area contributed by atoms with Crippen LogP contribution in [0.1, 0.15) is 43.0 Å². The summed E-state index contributed by atoms with van der Waals surface area (Å²) in [6.45, 7) is 2.44. The maximum absolute atomic E-state index is 14.1. The van der Waals surface area contributed by atoms with E-state index >= 15 is 0 Å². The van der Waals surface area contributed by atoms with E-state index in [-0.39, 0.29) is 35.1 Å². The molecule has 0 bridgehead atoms. The average Bonchev–Trinajstić information content (AvgIpc) is 2.86. The zero-order valence-corrected chi connectivity index (χ0v) is 20.4. The summed E-state index contributed by atoms with van der Waals surface area (Å²) in [5.41, 5.74) is 8.52. The SMILES string of the molecule is Cc1ccc(F)c(CC(=O)c2cccc(C#Cc3cc(C(=O)N=S4(=O)CCOCC4)cnc3N)c2)c1. The summed E-state index contributed by atoms with van der Waals surface area (Å²) in [6.07, 6.45) is 1.21. The molecule has 0 radical (unpaired) electrons. The minimum Gasteiger partial charge on any atom is -0.383 e. The van der Waals surface area contributed by atoms with Crippen LogP contribution < -0.4 is 5.73 Å². The number of anilines is 1. The highest BCUT2D eigenvalue weighted by molar-refractivity contribution is 7.94. The molecule has 7 nitrogen and oxygen atoms in total. The Kier molecular flexibility index (Phi) is 7.58. The predicted molar refractivity (Wildman–Crippen MR) is 136 cm³/mol. The monoisotopic (exact) mass is 505 g/mol. The van der Waals surface area contributed by atoms with Crippen LogP contribution >= 0.6 is 0 Å². The zero-order valence-electron chi connectivity index (χ0n) is 19.6. The van der Waals surface area contributed by atoms with Gasteiger partial charge in [0.2, 0.25) is 0 Å². The van der Waals surface area contributed by atoms with Crippen LogP contribution in [0.2, 0.25) is 0 Å². The number of aryl methyl sites for hydroxylation is 1. The van der Waals surface area contributed by atoms with Gasteiger partial charge < -0.3 is 10.5 Å². The summed E-state index contributed by atoms with van der Waals surface area (Å²) in [5, 5.41) is 0. The molecular weight excluding hydrogens is 481 g/mol. The number of nitrogen functional groups attached to an aromatic ring is 1. The highest BCUT2D eigenvalue weighted by Gasteiger charge is 2.18. The smallest absolute Gasteiger partial charge is 0.286 e. The van der Waals surface area contributed by atoms with Gasteiger partial charge in [-0.2, -0.15) is 4.36 Å². The average molecular weight is 506 g/mol. The van der Waals surface area contributed by atoms with E-state index in [9.17, 15) is 18.2 Å². The Morgan fingerprint density at radius 1 is 1.11 bits per heavy atom. The van der Waals surface area contributed by atoms with E-state index in [0.717, 1.165) is 5.56 Å². The number of hydrogen-bond acceptors (Lipinski definition) is 6. The van der Waals surface area contributed by atoms with Crippen LogP contribution in [0.25, 0.3) is 0 Å². The Balaban J connectivity index is 1.55. The number of amides is 1. The number of ketones is 1. The van der Waals surface area contributed by atoms with Crippen LogP contribution in [0.5, 0.6) is 0 Å². The van der Waals surface area contributed by atoms with Crippen molar-refractivity contribution in [3.05, 3.63) is 93.9 Å². The standard InChI is InChI=1S/C27H24FN3O4S/c1-18-5-8-24(28)22(13-18)16-25(32)20-4-2-3-19(14-20)6-7-21-15-23(17-30-26(21)29)27(33)31-36(34)11-9-35-10-12-36/h2-5,8,13-15,17H,9-12,16H2,1H3,(H2,29,30). The largest absolute Gasteiger partial charge is 0.383 e. The van der Waals surface area contributed by atoms with Crippen molar-refractivity contribution in [1.29, 1.82) is 0 Å². The van der Waals surface area contributed by atoms with Gasteiger partial charge in [-0.1, -0.05) is 41.7 Å². The maximum atomic E-state index is 14.1. The number of nitrogens with two attached hydrogens (primary N) is 1. The quantitative estimate of drug-likeness (QED) is 0.429. The third-order valence-corrected chi connectivity index (χ3v) is 7.69. The first-order valence-corrected chi connectivity index (χ1v) is 13.1. The van der Waals surface area contributed by atoms with Gasteiger partial charge in [-0.15, -0.1) is 0 Å². The number of carbonyl (C=O) groups excluding carboxylic acids is 2. The van der Waals surface area contributed by atoms with Crippen LogP contribution in [0.15, 0.2) is 59.1 Å². The Labute approximate surface area is 209 Å². The number of pyridine rings is 1. The molecule has 0 unspecified atom stereocenters. The number of ether oxygens (including phenoxy) is 1. The first kappa shape index (κ1) is 25.2. The maximum Gasteiger partial charge on any atom is 0.286 e. The Hall–Kier alpha value is -3.87. The van der Waals surface area contributed by atoms with E-state index in [1.54, 1.807) is 36.4 Å². The minimum absolute atomic E-state index is 0.0652. The summed E-state index contributed by atoms with van der Waals surface area (Å²) >= 11 is 0. The van der Waals surface area contributed by atoms with E-state index < -0.39 is 21.5 Å². The molecule has 0 saturated carbocycles. The van der Waals surface area contributed by atoms with Gasteiger partial charge in [0, 0.05) is 23.7 Å². The van der Waals surface area contributed by atoms with E-state index in [1.807, 2.05) is 6.92 Å². The van der Waals surface area contributed by atoms with E-state index in [4.69, 9.17) is 10.5 Å². The van der Waals surface area contributed by atoms with Crippen molar-refractivity contribution in [3.8, 4) is 11.8 Å². The summed E-state index contributed by atoms with van der Waals surface area (Å²) in [4.78, 5) is 29.4. The van der Waals surface area contributed by atoms with Crippen molar-refractivity contribution in [2.24, 2.45) is 4.36 Å². The van der Waals surface area contributed by atoms with Gasteiger partial charge in [-0.3, -0.25) is 9.59 Å². The number of rotatable bonds is 4. The molecule has 4 rings (SSSR count). The molecule has 1 aromatic heterocycles. The molecule has 0 atom stereocenters. The van der Waals surface area contributed by atoms with Gasteiger partial charge in [0.15, 0.2) is 5.78 Å². The molecule has 3 aromatic rings. The fourth-order valence-corrected chi connectivity index (χ4v) is 5.14. The third kappa shape index (κ3) is 6.22. The first-order valence-electron chi connectivity index (χ1n) is 11.2. The highest BCUT2D eigenvalue weighted by atomic mass is 32.2. The summed E-state index contributed by atoms with van der Waals surface area (Å²) in [7, 11) is -2.66. The first-order chi connectivity index (χ1) is 17.2. The van der Waals surface area contributed by atoms with Crippen molar-refractivity contribution in [3.63, 3.8) is 0 Å². The number of Topliss-reactive ketones (excluding diaryl/α,β-unsaturated/α-hetero) is 1. The molecule has 1 aliphatic heterocycles. The predicted octanol–water partition coefficient (Wildman–Crippen LogP) is 3.57. The van der Waals surface area contributed by atoms with Crippen LogP contribution in [-0.4, -0.2) is 45.6 Å². The molecule has 1 aliphatic rings. The second kappa shape index (κ2) is 10.8. The number of benzene rings is 2. The molecule has 36 heavy (non-hydrogen) atoms. The molecule has 1 fully saturated rings. The van der Waals surface area contributed by atoms with Gasteiger partial charge in [0.1, 0.15) is 11.6 Å². The molecule has 2 N–H and O–H groups in total. The molecule has 1 amide bonds. The van der Waals surface area contributed by atoms with Crippen LogP contribution in [0, 0.1) is 24.6 Å². The zero-order chi connectivity index (χ0) is 25.7. The van der Waals surface area contributed by atoms with Crippen LogP contribution in [-0.2, 0) is 20.9 Å². The second-order valence-corrected chi connectivity index (χ2v) is 10.9. The normalized spacial score (nSPS) is 14.4. The van der Waals surface area contributed by atoms with Crippen molar-refractivity contribution in [2.75, 3.05) is 30.5 Å². The van der Waals surface area contributed by atoms with Gasteiger partial charge in [0.05, 0.1) is 45.6 Å². The van der Waals surface area contributed by atoms with Gasteiger partial charge >= 0.3 is 0 Å². The Morgan fingerprint density at radius 2 is 1.89 bits per heavy atom. The van der Waals surface area contributed by atoms with Crippen molar-refractivity contribution in [2.45, 2.75) is 13.3 Å². The lowest BCUT2D eigenvalue weighted by molar-refractivity contribution is 0.0987. The van der Waals surface area contributed by atoms with Crippen molar-refractivity contribution in [1.82, 2.24) is 4.98 Å². The van der Waals surface area contributed by atoms with Gasteiger partial charge in [-0.05, 0) is 36.8 Å². The third-order valence-electron chi connectivity index (χ3n) is 5.59. The van der Waals surface area contributed by atoms with Crippen LogP contribution in [0.3, 0.4) is 0 Å².